The molecule has 0 saturated heterocycles. The summed E-state index contributed by atoms with van der Waals surface area (Å²) in [6, 6.07) is 49.7. The van der Waals surface area contributed by atoms with E-state index in [2.05, 4.69) is 186 Å². The van der Waals surface area contributed by atoms with Gasteiger partial charge in [-0.15, -0.1) is 0 Å². The van der Waals surface area contributed by atoms with Crippen LogP contribution in [0.3, 0.4) is 0 Å². The van der Waals surface area contributed by atoms with Gasteiger partial charge in [0.15, 0.2) is 7.28 Å². The predicted molar refractivity (Wildman–Crippen MR) is 229 cm³/mol. The number of rotatable bonds is 4. The minimum absolute atomic E-state index is 0.0213. The van der Waals surface area contributed by atoms with E-state index in [0.29, 0.717) is 0 Å². The van der Waals surface area contributed by atoms with Gasteiger partial charge in [0, 0.05) is 33.7 Å². The molecule has 1 radical (unpaired) electrons. The Kier molecular flexibility index (Phi) is 7.09. The maximum atomic E-state index is 3.93. The van der Waals surface area contributed by atoms with Gasteiger partial charge >= 0.3 is 0 Å². The normalized spacial score (nSPS) is 20.1. The predicted octanol–water partition coefficient (Wildman–Crippen LogP) is 12.1. The lowest BCUT2D eigenvalue weighted by molar-refractivity contribution is 0.195. The maximum absolute atomic E-state index is 3.93. The van der Waals surface area contributed by atoms with Crippen molar-refractivity contribution in [1.82, 2.24) is 0 Å². The molecule has 2 nitrogen and oxygen atoms in total. The molecule has 0 bridgehead atoms. The van der Waals surface area contributed by atoms with E-state index in [1.807, 2.05) is 0 Å². The van der Waals surface area contributed by atoms with Crippen molar-refractivity contribution in [2.45, 2.75) is 76.7 Å². The van der Waals surface area contributed by atoms with Crippen LogP contribution in [0.4, 0.5) is 22.7 Å². The van der Waals surface area contributed by atoms with Gasteiger partial charge in [-0.2, -0.15) is 0 Å². The fraction of sp³-hybridized carbons (Fsp3) is 0.240. The summed E-state index contributed by atoms with van der Waals surface area (Å²) in [5.74, 6) is 0. The first-order chi connectivity index (χ1) is 25.6. The lowest BCUT2D eigenvalue weighted by Crippen LogP contribution is -2.57. The van der Waals surface area contributed by atoms with Crippen LogP contribution in [0.25, 0.3) is 43.8 Å². The average molecular weight is 686 g/mol. The van der Waals surface area contributed by atoms with Crippen LogP contribution >= 0.6 is 0 Å². The lowest BCUT2D eigenvalue weighted by atomic mass is 9.56. The first kappa shape index (κ1) is 32.4. The van der Waals surface area contributed by atoms with Gasteiger partial charge < -0.3 is 10.2 Å². The standard InChI is InChI=1S/C50H46BN2/c1-48(2,3)37-30-41-47-42(31-37)51-46-44(53(47)50(5)26-14-13-25-49(41,50)4)29-36-19-11-12-20-39(36)45(46)40-27-34-17-9-10-18-35(34)28-43(40)52-38-23-21-33(22-24-38)32-15-7-6-8-16-32/h6-12,15-24,27-31,52H,13-14,25-26H2,1-5H3. The summed E-state index contributed by atoms with van der Waals surface area (Å²) in [5, 5.41) is 8.97. The zero-order chi connectivity index (χ0) is 36.1. The summed E-state index contributed by atoms with van der Waals surface area (Å²) >= 11 is 0. The van der Waals surface area contributed by atoms with Gasteiger partial charge in [-0.1, -0.05) is 149 Å². The number of anilines is 4. The largest absolute Gasteiger partial charge is 0.355 e. The second-order valence-corrected chi connectivity index (χ2v) is 17.2. The Labute approximate surface area is 315 Å². The number of hydrogen-bond donors (Lipinski definition) is 1. The van der Waals surface area contributed by atoms with Crippen molar-refractivity contribution in [2.24, 2.45) is 0 Å². The van der Waals surface area contributed by atoms with Crippen LogP contribution in [-0.2, 0) is 10.8 Å². The van der Waals surface area contributed by atoms with Crippen molar-refractivity contribution < 1.29 is 0 Å². The van der Waals surface area contributed by atoms with E-state index in [9.17, 15) is 0 Å². The lowest BCUT2D eigenvalue weighted by Gasteiger charge is -2.51. The van der Waals surface area contributed by atoms with Gasteiger partial charge in [-0.25, -0.2) is 0 Å². The molecule has 1 N–H and O–H groups in total. The molecule has 0 aromatic heterocycles. The third-order valence-corrected chi connectivity index (χ3v) is 13.1. The molecular formula is C50H46BN2. The third-order valence-electron chi connectivity index (χ3n) is 13.1. The molecule has 2 heterocycles. The molecule has 2 unspecified atom stereocenters. The second-order valence-electron chi connectivity index (χ2n) is 17.2. The van der Waals surface area contributed by atoms with E-state index in [1.54, 1.807) is 5.56 Å². The summed E-state index contributed by atoms with van der Waals surface area (Å²) in [6.45, 7) is 12.2. The van der Waals surface area contributed by atoms with E-state index in [1.165, 1.54) is 97.3 Å². The Balaban J connectivity index is 1.22. The molecule has 2 atom stereocenters. The highest BCUT2D eigenvalue weighted by atomic mass is 15.3. The van der Waals surface area contributed by atoms with Crippen LogP contribution in [0, 0.1) is 0 Å². The molecule has 2 aliphatic heterocycles. The first-order valence-corrected chi connectivity index (χ1v) is 19.5. The Morgan fingerprint density at radius 1 is 0.660 bits per heavy atom. The molecule has 7 aromatic rings. The van der Waals surface area contributed by atoms with Crippen LogP contribution in [0.1, 0.15) is 71.4 Å². The van der Waals surface area contributed by atoms with E-state index in [0.717, 1.165) is 11.4 Å². The highest BCUT2D eigenvalue weighted by molar-refractivity contribution is 6.74. The highest BCUT2D eigenvalue weighted by Gasteiger charge is 2.59. The first-order valence-electron chi connectivity index (χ1n) is 19.5. The van der Waals surface area contributed by atoms with Gasteiger partial charge in [-0.3, -0.25) is 0 Å². The molecule has 7 aromatic carbocycles. The van der Waals surface area contributed by atoms with Gasteiger partial charge in [0.05, 0.1) is 5.54 Å². The minimum Gasteiger partial charge on any atom is -0.355 e. The van der Waals surface area contributed by atoms with Crippen molar-refractivity contribution >= 4 is 62.5 Å². The van der Waals surface area contributed by atoms with Crippen molar-refractivity contribution in [3.05, 3.63) is 145 Å². The topological polar surface area (TPSA) is 15.3 Å². The summed E-state index contributed by atoms with van der Waals surface area (Å²) in [4.78, 5) is 2.81. The van der Waals surface area contributed by atoms with Crippen LogP contribution in [0.2, 0.25) is 0 Å². The summed E-state index contributed by atoms with van der Waals surface area (Å²) < 4.78 is 0. The van der Waals surface area contributed by atoms with E-state index in [4.69, 9.17) is 0 Å². The monoisotopic (exact) mass is 685 g/mol. The van der Waals surface area contributed by atoms with Crippen LogP contribution < -0.4 is 21.1 Å². The van der Waals surface area contributed by atoms with Crippen LogP contribution in [0.15, 0.2) is 133 Å². The number of nitrogens with one attached hydrogen (secondary N) is 1. The minimum atomic E-state index is -0.0213. The van der Waals surface area contributed by atoms with Crippen molar-refractivity contribution in [2.75, 3.05) is 10.2 Å². The molecule has 259 valence electrons. The van der Waals surface area contributed by atoms with E-state index < -0.39 is 0 Å². The molecular weight excluding hydrogens is 639 g/mol. The Hall–Kier alpha value is -5.28. The quantitative estimate of drug-likeness (QED) is 0.186. The molecule has 1 fully saturated rings. The van der Waals surface area contributed by atoms with Crippen LogP contribution in [-0.4, -0.2) is 12.8 Å². The van der Waals surface area contributed by atoms with Crippen molar-refractivity contribution in [3.8, 4) is 22.3 Å². The number of hydrogen-bond acceptors (Lipinski definition) is 2. The number of fused-ring (bicyclic) bond motifs is 7. The van der Waals surface area contributed by atoms with E-state index in [-0.39, 0.29) is 16.4 Å². The Morgan fingerprint density at radius 3 is 2.08 bits per heavy atom. The zero-order valence-corrected chi connectivity index (χ0v) is 31.6. The molecule has 0 spiro atoms. The molecule has 0 amide bonds. The number of benzene rings is 7. The third kappa shape index (κ3) is 4.86. The van der Waals surface area contributed by atoms with Gasteiger partial charge in [0.25, 0.3) is 0 Å². The smallest absolute Gasteiger partial charge is 0.197 e. The summed E-state index contributed by atoms with van der Waals surface area (Å²) in [7, 11) is 2.54. The molecule has 10 rings (SSSR count). The Bertz CT molecular complexity index is 2580. The SMILES string of the molecule is CC(C)(C)c1cc2c3c(c1)C1(C)CCCCC1(C)N3c1cc3ccccc3c(-c3cc4ccccc4cc3Nc3ccc(-c4ccccc4)cc3)c1[B]2. The molecule has 1 aliphatic carbocycles. The highest BCUT2D eigenvalue weighted by Crippen LogP contribution is 2.61. The molecule has 53 heavy (non-hydrogen) atoms. The fourth-order valence-corrected chi connectivity index (χ4v) is 9.99. The zero-order valence-electron chi connectivity index (χ0n) is 31.6. The van der Waals surface area contributed by atoms with Gasteiger partial charge in [0.1, 0.15) is 0 Å². The van der Waals surface area contributed by atoms with Crippen molar-refractivity contribution in [1.29, 1.82) is 0 Å². The average Bonchev–Trinajstić information content (AvgIpc) is 3.38. The van der Waals surface area contributed by atoms with Gasteiger partial charge in [-0.05, 0) is 110 Å². The van der Waals surface area contributed by atoms with E-state index >= 15 is 0 Å². The van der Waals surface area contributed by atoms with Gasteiger partial charge in [0.2, 0.25) is 0 Å². The summed E-state index contributed by atoms with van der Waals surface area (Å²) in [6.07, 6.45) is 4.95. The van der Waals surface area contributed by atoms with Crippen LogP contribution in [0.5, 0.6) is 0 Å². The summed E-state index contributed by atoms with van der Waals surface area (Å²) in [5.41, 5.74) is 15.7. The number of nitrogens with zero attached hydrogens (tertiary/aromatic N) is 1. The maximum Gasteiger partial charge on any atom is 0.197 e. The molecule has 1 saturated carbocycles. The fourth-order valence-electron chi connectivity index (χ4n) is 9.99. The molecule has 3 aliphatic rings. The molecule has 3 heteroatoms. The Morgan fingerprint density at radius 2 is 1.32 bits per heavy atom. The van der Waals surface area contributed by atoms with Crippen molar-refractivity contribution in [3.63, 3.8) is 0 Å². The second kappa shape index (κ2) is 11.6.